The molecule has 0 aromatic carbocycles. The van der Waals surface area contributed by atoms with E-state index in [0.29, 0.717) is 12.1 Å². The molecular formula is C13H20N2. The number of nitrogens with zero attached hydrogens (tertiary/aromatic N) is 1. The number of aromatic nitrogens is 1. The minimum atomic E-state index is 0.447. The first kappa shape index (κ1) is 10.6. The minimum absolute atomic E-state index is 0.447. The number of rotatable bonds is 3. The second-order valence-electron chi connectivity index (χ2n) is 4.78. The molecule has 0 bridgehead atoms. The van der Waals surface area contributed by atoms with Gasteiger partial charge in [0, 0.05) is 24.5 Å². The Morgan fingerprint density at radius 2 is 2.07 bits per heavy atom. The summed E-state index contributed by atoms with van der Waals surface area (Å²) in [7, 11) is 0. The SMILES string of the molecule is C[C@H]1CC[C@@H](N[C@@H](C)c2ccncc2)C1. The molecule has 0 unspecified atom stereocenters. The number of hydrogen-bond donors (Lipinski definition) is 1. The Kier molecular flexibility index (Phi) is 3.37. The zero-order valence-electron chi connectivity index (χ0n) is 9.61. The molecule has 1 aromatic heterocycles. The van der Waals surface area contributed by atoms with Crippen molar-refractivity contribution in [1.29, 1.82) is 0 Å². The summed E-state index contributed by atoms with van der Waals surface area (Å²) in [4.78, 5) is 4.04. The topological polar surface area (TPSA) is 24.9 Å². The predicted molar refractivity (Wildman–Crippen MR) is 62.6 cm³/mol. The lowest BCUT2D eigenvalue weighted by atomic mass is 10.1. The van der Waals surface area contributed by atoms with Crippen LogP contribution in [0.25, 0.3) is 0 Å². The molecule has 1 heterocycles. The summed E-state index contributed by atoms with van der Waals surface area (Å²) in [5.74, 6) is 0.896. The number of hydrogen-bond acceptors (Lipinski definition) is 2. The summed E-state index contributed by atoms with van der Waals surface area (Å²) in [6.07, 6.45) is 7.77. The highest BCUT2D eigenvalue weighted by atomic mass is 14.9. The van der Waals surface area contributed by atoms with Crippen LogP contribution in [-0.4, -0.2) is 11.0 Å². The van der Waals surface area contributed by atoms with Gasteiger partial charge in [-0.3, -0.25) is 4.98 Å². The van der Waals surface area contributed by atoms with Crippen LogP contribution in [0, 0.1) is 5.92 Å². The van der Waals surface area contributed by atoms with Gasteiger partial charge in [-0.1, -0.05) is 6.92 Å². The van der Waals surface area contributed by atoms with Crippen molar-refractivity contribution < 1.29 is 0 Å². The van der Waals surface area contributed by atoms with Crippen LogP contribution in [0.4, 0.5) is 0 Å². The van der Waals surface area contributed by atoms with Crippen molar-refractivity contribution in [3.05, 3.63) is 30.1 Å². The molecule has 1 fully saturated rings. The summed E-state index contributed by atoms with van der Waals surface area (Å²) in [5, 5.41) is 3.70. The number of pyridine rings is 1. The number of nitrogens with one attached hydrogen (secondary N) is 1. The summed E-state index contributed by atoms with van der Waals surface area (Å²) in [5.41, 5.74) is 1.34. The van der Waals surface area contributed by atoms with Crippen molar-refractivity contribution in [3.8, 4) is 0 Å². The lowest BCUT2D eigenvalue weighted by Crippen LogP contribution is -2.29. The molecule has 1 aromatic rings. The van der Waals surface area contributed by atoms with Crippen LogP contribution in [0.5, 0.6) is 0 Å². The molecule has 1 aliphatic carbocycles. The maximum absolute atomic E-state index is 4.04. The Bertz CT molecular complexity index is 297. The van der Waals surface area contributed by atoms with Gasteiger partial charge in [-0.2, -0.15) is 0 Å². The molecule has 82 valence electrons. The Labute approximate surface area is 92.1 Å². The lowest BCUT2D eigenvalue weighted by Gasteiger charge is -2.19. The molecule has 1 N–H and O–H groups in total. The van der Waals surface area contributed by atoms with E-state index in [4.69, 9.17) is 0 Å². The van der Waals surface area contributed by atoms with Gasteiger partial charge in [-0.05, 0) is 49.8 Å². The summed E-state index contributed by atoms with van der Waals surface area (Å²) >= 11 is 0. The van der Waals surface area contributed by atoms with Crippen LogP contribution in [0.15, 0.2) is 24.5 Å². The largest absolute Gasteiger partial charge is 0.307 e. The standard InChI is InChI=1S/C13H20N2/c1-10-3-4-13(9-10)15-11(2)12-5-7-14-8-6-12/h5-8,10-11,13,15H,3-4,9H2,1-2H3/t10-,11-,13+/m0/s1. The van der Waals surface area contributed by atoms with Gasteiger partial charge in [-0.25, -0.2) is 0 Å². The highest BCUT2D eigenvalue weighted by Gasteiger charge is 2.22. The van der Waals surface area contributed by atoms with Crippen LogP contribution in [0.1, 0.15) is 44.7 Å². The fourth-order valence-corrected chi connectivity index (χ4v) is 2.46. The first-order valence-electron chi connectivity index (χ1n) is 5.91. The Hall–Kier alpha value is -0.890. The van der Waals surface area contributed by atoms with Crippen molar-refractivity contribution in [3.63, 3.8) is 0 Å². The summed E-state index contributed by atoms with van der Waals surface area (Å²) in [6, 6.07) is 5.35. The fourth-order valence-electron chi connectivity index (χ4n) is 2.46. The third kappa shape index (κ3) is 2.78. The van der Waals surface area contributed by atoms with E-state index >= 15 is 0 Å². The second kappa shape index (κ2) is 4.75. The maximum Gasteiger partial charge on any atom is 0.0295 e. The van der Waals surface area contributed by atoms with E-state index in [9.17, 15) is 0 Å². The Morgan fingerprint density at radius 3 is 2.67 bits per heavy atom. The molecule has 3 atom stereocenters. The van der Waals surface area contributed by atoms with Crippen LogP contribution in [-0.2, 0) is 0 Å². The lowest BCUT2D eigenvalue weighted by molar-refractivity contribution is 0.449. The monoisotopic (exact) mass is 204 g/mol. The van der Waals surface area contributed by atoms with E-state index in [1.165, 1.54) is 24.8 Å². The predicted octanol–water partition coefficient (Wildman–Crippen LogP) is 2.92. The van der Waals surface area contributed by atoms with E-state index in [0.717, 1.165) is 5.92 Å². The second-order valence-corrected chi connectivity index (χ2v) is 4.78. The van der Waals surface area contributed by atoms with Gasteiger partial charge in [0.2, 0.25) is 0 Å². The van der Waals surface area contributed by atoms with Crippen molar-refractivity contribution in [1.82, 2.24) is 10.3 Å². The van der Waals surface area contributed by atoms with Crippen molar-refractivity contribution in [2.75, 3.05) is 0 Å². The summed E-state index contributed by atoms with van der Waals surface area (Å²) < 4.78 is 0. The molecule has 2 nitrogen and oxygen atoms in total. The normalized spacial score (nSPS) is 27.9. The van der Waals surface area contributed by atoms with Gasteiger partial charge in [0.25, 0.3) is 0 Å². The van der Waals surface area contributed by atoms with Crippen LogP contribution in [0.3, 0.4) is 0 Å². The minimum Gasteiger partial charge on any atom is -0.307 e. The molecule has 0 saturated heterocycles. The first-order chi connectivity index (χ1) is 7.25. The molecule has 0 aliphatic heterocycles. The van der Waals surface area contributed by atoms with Gasteiger partial charge in [-0.15, -0.1) is 0 Å². The van der Waals surface area contributed by atoms with Crippen molar-refractivity contribution in [2.24, 2.45) is 5.92 Å². The van der Waals surface area contributed by atoms with E-state index in [2.05, 4.69) is 36.3 Å². The highest BCUT2D eigenvalue weighted by molar-refractivity contribution is 5.14. The third-order valence-corrected chi connectivity index (χ3v) is 3.39. The van der Waals surface area contributed by atoms with Gasteiger partial charge < -0.3 is 5.32 Å². The molecule has 1 aliphatic rings. The van der Waals surface area contributed by atoms with Gasteiger partial charge in [0.1, 0.15) is 0 Å². The Morgan fingerprint density at radius 1 is 1.33 bits per heavy atom. The maximum atomic E-state index is 4.04. The average Bonchev–Trinajstić information content (AvgIpc) is 2.65. The molecular weight excluding hydrogens is 184 g/mol. The van der Waals surface area contributed by atoms with Gasteiger partial charge >= 0.3 is 0 Å². The molecule has 0 amide bonds. The molecule has 2 heteroatoms. The zero-order chi connectivity index (χ0) is 10.7. The molecule has 1 saturated carbocycles. The zero-order valence-corrected chi connectivity index (χ0v) is 9.61. The first-order valence-corrected chi connectivity index (χ1v) is 5.91. The van der Waals surface area contributed by atoms with E-state index in [1.807, 2.05) is 12.4 Å². The fraction of sp³-hybridized carbons (Fsp3) is 0.615. The molecule has 0 radical (unpaired) electrons. The quantitative estimate of drug-likeness (QED) is 0.819. The van der Waals surface area contributed by atoms with Crippen LogP contribution >= 0.6 is 0 Å². The molecule has 0 spiro atoms. The smallest absolute Gasteiger partial charge is 0.0295 e. The van der Waals surface area contributed by atoms with Crippen molar-refractivity contribution >= 4 is 0 Å². The van der Waals surface area contributed by atoms with Crippen molar-refractivity contribution in [2.45, 2.75) is 45.2 Å². The van der Waals surface area contributed by atoms with E-state index in [-0.39, 0.29) is 0 Å². The van der Waals surface area contributed by atoms with E-state index in [1.54, 1.807) is 0 Å². The van der Waals surface area contributed by atoms with Crippen LogP contribution < -0.4 is 5.32 Å². The Balaban J connectivity index is 1.90. The van der Waals surface area contributed by atoms with Crippen LogP contribution in [0.2, 0.25) is 0 Å². The van der Waals surface area contributed by atoms with Gasteiger partial charge in [0.15, 0.2) is 0 Å². The third-order valence-electron chi connectivity index (χ3n) is 3.39. The van der Waals surface area contributed by atoms with Gasteiger partial charge in [0.05, 0.1) is 0 Å². The highest BCUT2D eigenvalue weighted by Crippen LogP contribution is 2.26. The average molecular weight is 204 g/mol. The molecule has 15 heavy (non-hydrogen) atoms. The summed E-state index contributed by atoms with van der Waals surface area (Å²) in [6.45, 7) is 4.58. The van der Waals surface area contributed by atoms with E-state index < -0.39 is 0 Å². The molecule has 2 rings (SSSR count).